The van der Waals surface area contributed by atoms with Gasteiger partial charge in [-0.05, 0) is 54.4 Å². The van der Waals surface area contributed by atoms with E-state index >= 15 is 0 Å². The van der Waals surface area contributed by atoms with E-state index in [0.717, 1.165) is 11.9 Å². The van der Waals surface area contributed by atoms with Crippen LogP contribution in [-0.4, -0.2) is 14.8 Å². The van der Waals surface area contributed by atoms with Crippen molar-refractivity contribution in [2.75, 3.05) is 0 Å². The summed E-state index contributed by atoms with van der Waals surface area (Å²) in [7, 11) is -1.42. The Morgan fingerprint density at radius 2 is 1.16 bits per heavy atom. The van der Waals surface area contributed by atoms with E-state index in [1.165, 1.54) is 59.1 Å². The van der Waals surface area contributed by atoms with Gasteiger partial charge in [-0.15, -0.1) is 6.58 Å². The van der Waals surface area contributed by atoms with Crippen LogP contribution in [0.15, 0.2) is 36.9 Å². The molecule has 1 atom stereocenters. The first-order valence-electron chi connectivity index (χ1n) is 12.2. The summed E-state index contributed by atoms with van der Waals surface area (Å²) < 4.78 is 0. The highest BCUT2D eigenvalue weighted by Crippen LogP contribution is 2.33. The second kappa shape index (κ2) is 10.9. The molecule has 0 aromatic heterocycles. The fourth-order valence-corrected chi connectivity index (χ4v) is 8.24. The van der Waals surface area contributed by atoms with Crippen molar-refractivity contribution in [2.24, 2.45) is 0 Å². The Kier molecular flexibility index (Phi) is 9.01. The molecule has 31 heavy (non-hydrogen) atoms. The Balaban J connectivity index is 2.67. The number of aryl methyl sites for hydroxylation is 6. The number of benzene rings is 2. The summed E-state index contributed by atoms with van der Waals surface area (Å²) in [5.41, 5.74) is 12.6. The van der Waals surface area contributed by atoms with Gasteiger partial charge in [-0.2, -0.15) is 0 Å². The molecule has 2 aromatic rings. The van der Waals surface area contributed by atoms with E-state index in [1.54, 1.807) is 10.9 Å². The van der Waals surface area contributed by atoms with Gasteiger partial charge in [-0.25, -0.2) is 0 Å². The first kappa shape index (κ1) is 25.7. The van der Waals surface area contributed by atoms with Crippen molar-refractivity contribution in [1.82, 2.24) is 0 Å². The number of hydrogen-bond donors (Lipinski definition) is 0. The molecule has 2 aromatic carbocycles. The summed E-state index contributed by atoms with van der Waals surface area (Å²) in [6.07, 6.45) is 8.46. The van der Waals surface area contributed by atoms with Crippen LogP contribution in [0, 0.1) is 41.5 Å². The van der Waals surface area contributed by atoms with Gasteiger partial charge < -0.3 is 0 Å². The summed E-state index contributed by atoms with van der Waals surface area (Å²) in [6.45, 7) is 26.0. The van der Waals surface area contributed by atoms with Crippen LogP contribution in [0.25, 0.3) is 0 Å². The lowest BCUT2D eigenvalue weighted by Gasteiger charge is -2.38. The average Bonchev–Trinajstić information content (AvgIpc) is 2.61. The SMILES string of the molecule is C=CCCCCCC(B(c1c(C)cc(C)cc1C)c1c(C)cc(C)cc1C)[Si](C)(C)C. The summed E-state index contributed by atoms with van der Waals surface area (Å²) >= 11 is 0. The zero-order valence-corrected chi connectivity index (χ0v) is 22.8. The lowest BCUT2D eigenvalue weighted by atomic mass is 9.35. The molecule has 0 spiro atoms. The van der Waals surface area contributed by atoms with Crippen LogP contribution in [0.3, 0.4) is 0 Å². The van der Waals surface area contributed by atoms with Crippen molar-refractivity contribution in [3.05, 3.63) is 70.3 Å². The van der Waals surface area contributed by atoms with Crippen LogP contribution in [0.4, 0.5) is 0 Å². The lowest BCUT2D eigenvalue weighted by molar-refractivity contribution is 0.657. The van der Waals surface area contributed by atoms with Crippen molar-refractivity contribution in [1.29, 1.82) is 0 Å². The zero-order chi connectivity index (χ0) is 23.3. The zero-order valence-electron chi connectivity index (χ0n) is 21.8. The average molecular weight is 433 g/mol. The Bertz CT molecular complexity index is 800. The van der Waals surface area contributed by atoms with Crippen LogP contribution >= 0.6 is 0 Å². The maximum Gasteiger partial charge on any atom is 0.211 e. The molecule has 2 rings (SSSR count). The molecular weight excluding hydrogens is 387 g/mol. The summed E-state index contributed by atoms with van der Waals surface area (Å²) in [5, 5.41) is 0. The summed E-state index contributed by atoms with van der Waals surface area (Å²) in [5.74, 6) is 0. The molecule has 0 nitrogen and oxygen atoms in total. The standard InChI is InChI=1S/C29H45BSi/c1-11-12-13-14-15-16-27(31(8,9)10)30(28-23(4)17-21(2)18-24(28)5)29-25(6)19-22(3)20-26(29)7/h11,17-20,27H,1,12-16H2,2-10H3. The predicted octanol–water partition coefficient (Wildman–Crippen LogP) is 7.53. The molecule has 0 aliphatic heterocycles. The second-order valence-corrected chi connectivity index (χ2v) is 16.5. The van der Waals surface area contributed by atoms with E-state index in [4.69, 9.17) is 0 Å². The smallest absolute Gasteiger partial charge is 0.103 e. The molecule has 0 aliphatic rings. The molecule has 0 N–H and O–H groups in total. The summed E-state index contributed by atoms with van der Waals surface area (Å²) in [6, 6.07) is 9.61. The van der Waals surface area contributed by atoms with E-state index in [-0.39, 0.29) is 0 Å². The topological polar surface area (TPSA) is 0 Å². The van der Waals surface area contributed by atoms with Gasteiger partial charge in [-0.1, -0.05) is 119 Å². The quantitative estimate of drug-likeness (QED) is 0.207. The van der Waals surface area contributed by atoms with Crippen molar-refractivity contribution < 1.29 is 0 Å². The van der Waals surface area contributed by atoms with Gasteiger partial charge in [0.25, 0.3) is 0 Å². The molecule has 0 aliphatic carbocycles. The number of hydrogen-bond acceptors (Lipinski definition) is 0. The minimum Gasteiger partial charge on any atom is -0.103 e. The Hall–Kier alpha value is -1.54. The number of allylic oxidation sites excluding steroid dienone is 1. The van der Waals surface area contributed by atoms with E-state index < -0.39 is 8.07 Å². The van der Waals surface area contributed by atoms with Crippen molar-refractivity contribution in [3.63, 3.8) is 0 Å². The molecule has 0 saturated carbocycles. The van der Waals surface area contributed by atoms with Crippen LogP contribution < -0.4 is 10.9 Å². The van der Waals surface area contributed by atoms with Crippen molar-refractivity contribution in [3.8, 4) is 0 Å². The fourth-order valence-electron chi connectivity index (χ4n) is 5.84. The Morgan fingerprint density at radius 1 is 0.742 bits per heavy atom. The van der Waals surface area contributed by atoms with E-state index in [2.05, 4.69) is 98.1 Å². The van der Waals surface area contributed by atoms with E-state index in [0.29, 0.717) is 6.71 Å². The van der Waals surface area contributed by atoms with Gasteiger partial charge in [0.2, 0.25) is 6.71 Å². The van der Waals surface area contributed by atoms with E-state index in [1.807, 2.05) is 0 Å². The molecule has 1 unspecified atom stereocenters. The molecule has 0 amide bonds. The van der Waals surface area contributed by atoms with Gasteiger partial charge in [0.1, 0.15) is 0 Å². The highest BCUT2D eigenvalue weighted by Gasteiger charge is 2.40. The van der Waals surface area contributed by atoms with Crippen molar-refractivity contribution in [2.45, 2.75) is 98.7 Å². The molecule has 0 saturated heterocycles. The van der Waals surface area contributed by atoms with Crippen LogP contribution in [0.1, 0.15) is 65.5 Å². The molecule has 0 fully saturated rings. The Morgan fingerprint density at radius 3 is 1.52 bits per heavy atom. The van der Waals surface area contributed by atoms with E-state index in [9.17, 15) is 0 Å². The van der Waals surface area contributed by atoms with Gasteiger partial charge in [0, 0.05) is 8.07 Å². The van der Waals surface area contributed by atoms with Gasteiger partial charge >= 0.3 is 0 Å². The monoisotopic (exact) mass is 432 g/mol. The van der Waals surface area contributed by atoms with Crippen LogP contribution in [0.2, 0.25) is 25.1 Å². The fraction of sp³-hybridized carbons (Fsp3) is 0.517. The first-order chi connectivity index (χ1) is 14.5. The lowest BCUT2D eigenvalue weighted by Crippen LogP contribution is -2.56. The van der Waals surface area contributed by atoms with Gasteiger partial charge in [0.15, 0.2) is 0 Å². The van der Waals surface area contributed by atoms with Gasteiger partial charge in [0.05, 0.1) is 0 Å². The minimum atomic E-state index is -1.42. The maximum atomic E-state index is 3.90. The third-order valence-corrected chi connectivity index (χ3v) is 9.88. The van der Waals surface area contributed by atoms with Gasteiger partial charge in [-0.3, -0.25) is 0 Å². The molecule has 168 valence electrons. The van der Waals surface area contributed by atoms with Crippen LogP contribution in [0.5, 0.6) is 0 Å². The largest absolute Gasteiger partial charge is 0.211 e. The third-order valence-electron chi connectivity index (χ3n) is 7.04. The molecular formula is C29H45BSi. The highest BCUT2D eigenvalue weighted by molar-refractivity contribution is 7.00. The molecule has 2 heteroatoms. The van der Waals surface area contributed by atoms with Crippen molar-refractivity contribution >= 4 is 25.7 Å². The minimum absolute atomic E-state index is 0.493. The molecule has 0 radical (unpaired) electrons. The third kappa shape index (κ3) is 6.48. The molecule has 0 bridgehead atoms. The summed E-state index contributed by atoms with van der Waals surface area (Å²) in [4.78, 5) is 0. The second-order valence-electron chi connectivity index (χ2n) is 11.0. The number of unbranched alkanes of at least 4 members (excludes halogenated alkanes) is 3. The Labute approximate surface area is 194 Å². The predicted molar refractivity (Wildman–Crippen MR) is 147 cm³/mol. The first-order valence-corrected chi connectivity index (χ1v) is 15.8. The number of rotatable bonds is 10. The molecule has 0 heterocycles. The van der Waals surface area contributed by atoms with Crippen LogP contribution in [-0.2, 0) is 0 Å². The maximum absolute atomic E-state index is 3.90. The highest BCUT2D eigenvalue weighted by atomic mass is 28.3. The normalized spacial score (nSPS) is 12.7.